The van der Waals surface area contributed by atoms with Crippen LogP contribution in [0.5, 0.6) is 0 Å². The summed E-state index contributed by atoms with van der Waals surface area (Å²) in [4.78, 5) is 7.90. The van der Waals surface area contributed by atoms with Gasteiger partial charge in [-0.1, -0.05) is 0 Å². The number of thiophene rings is 1. The fourth-order valence-electron chi connectivity index (χ4n) is 2.15. The summed E-state index contributed by atoms with van der Waals surface area (Å²) in [6.07, 6.45) is 1.87. The van der Waals surface area contributed by atoms with Crippen molar-refractivity contribution in [2.75, 3.05) is 42.3 Å². The summed E-state index contributed by atoms with van der Waals surface area (Å²) in [6.45, 7) is 4.11. The average molecular weight is 290 g/mol. The molecule has 1 saturated heterocycles. The number of nitrogens with one attached hydrogen (secondary N) is 1. The van der Waals surface area contributed by atoms with Gasteiger partial charge in [0.05, 0.1) is 31.6 Å². The Bertz CT molecular complexity index is 549. The fraction of sp³-hybridized carbons (Fsp3) is 0.357. The minimum absolute atomic E-state index is 0.738. The number of rotatable bonds is 4. The summed E-state index contributed by atoms with van der Waals surface area (Å²) in [6, 6.07) is 6.04. The van der Waals surface area contributed by atoms with Crippen molar-refractivity contribution >= 4 is 28.5 Å². The topological polar surface area (TPSA) is 63.4 Å². The molecule has 3 N–H and O–H groups in total. The first-order valence-corrected chi connectivity index (χ1v) is 7.55. The number of ether oxygens (including phenoxy) is 1. The Hall–Kier alpha value is -1.79. The van der Waals surface area contributed by atoms with E-state index in [2.05, 4.69) is 21.3 Å². The molecule has 0 spiro atoms. The SMILES string of the molecule is Nc1ccsc1CNc1ccc(N2CCOCC2)nc1. The molecule has 1 aliphatic heterocycles. The Labute approximate surface area is 122 Å². The predicted molar refractivity (Wildman–Crippen MR) is 83.3 cm³/mol. The molecule has 0 unspecified atom stereocenters. The average Bonchev–Trinajstić information content (AvgIpc) is 2.92. The number of anilines is 3. The lowest BCUT2D eigenvalue weighted by molar-refractivity contribution is 0.122. The lowest BCUT2D eigenvalue weighted by Crippen LogP contribution is -2.36. The van der Waals surface area contributed by atoms with E-state index in [1.54, 1.807) is 11.3 Å². The normalized spacial score (nSPS) is 15.3. The van der Waals surface area contributed by atoms with Gasteiger partial charge in [0.1, 0.15) is 5.82 Å². The minimum Gasteiger partial charge on any atom is -0.398 e. The molecule has 0 aliphatic carbocycles. The van der Waals surface area contributed by atoms with Crippen LogP contribution in [0.3, 0.4) is 0 Å². The van der Waals surface area contributed by atoms with Crippen LogP contribution in [0.25, 0.3) is 0 Å². The molecule has 0 radical (unpaired) electrons. The van der Waals surface area contributed by atoms with Gasteiger partial charge in [0.2, 0.25) is 0 Å². The van der Waals surface area contributed by atoms with Crippen molar-refractivity contribution < 1.29 is 4.74 Å². The number of aromatic nitrogens is 1. The number of hydrogen-bond acceptors (Lipinski definition) is 6. The maximum Gasteiger partial charge on any atom is 0.128 e. The van der Waals surface area contributed by atoms with Crippen LogP contribution in [0.1, 0.15) is 4.88 Å². The molecular weight excluding hydrogens is 272 g/mol. The van der Waals surface area contributed by atoms with Crippen LogP contribution in [-0.4, -0.2) is 31.3 Å². The molecule has 106 valence electrons. The van der Waals surface area contributed by atoms with Crippen LogP contribution in [0, 0.1) is 0 Å². The lowest BCUT2D eigenvalue weighted by atomic mass is 10.3. The zero-order chi connectivity index (χ0) is 13.8. The molecule has 0 saturated carbocycles. The smallest absolute Gasteiger partial charge is 0.128 e. The lowest BCUT2D eigenvalue weighted by Gasteiger charge is -2.27. The zero-order valence-electron chi connectivity index (χ0n) is 11.2. The van der Waals surface area contributed by atoms with E-state index in [0.29, 0.717) is 0 Å². The Morgan fingerprint density at radius 3 is 2.80 bits per heavy atom. The molecule has 5 nitrogen and oxygen atoms in total. The molecule has 2 aromatic heterocycles. The summed E-state index contributed by atoms with van der Waals surface area (Å²) < 4.78 is 5.34. The largest absolute Gasteiger partial charge is 0.398 e. The van der Waals surface area contributed by atoms with Crippen LogP contribution >= 0.6 is 11.3 Å². The van der Waals surface area contributed by atoms with Gasteiger partial charge >= 0.3 is 0 Å². The van der Waals surface area contributed by atoms with Crippen molar-refractivity contribution in [2.24, 2.45) is 0 Å². The number of nitrogens with two attached hydrogens (primary N) is 1. The van der Waals surface area contributed by atoms with E-state index < -0.39 is 0 Å². The summed E-state index contributed by atoms with van der Waals surface area (Å²) in [5, 5.41) is 5.35. The highest BCUT2D eigenvalue weighted by Crippen LogP contribution is 2.21. The highest BCUT2D eigenvalue weighted by atomic mass is 32.1. The molecule has 0 bridgehead atoms. The molecular formula is C14H18N4OS. The quantitative estimate of drug-likeness (QED) is 0.903. The van der Waals surface area contributed by atoms with E-state index >= 15 is 0 Å². The van der Waals surface area contributed by atoms with E-state index in [1.807, 2.05) is 23.7 Å². The summed E-state index contributed by atoms with van der Waals surface area (Å²) in [7, 11) is 0. The van der Waals surface area contributed by atoms with Crippen molar-refractivity contribution in [1.29, 1.82) is 0 Å². The van der Waals surface area contributed by atoms with E-state index in [9.17, 15) is 0 Å². The Kier molecular flexibility index (Phi) is 4.03. The summed E-state index contributed by atoms with van der Waals surface area (Å²) in [5.74, 6) is 1.01. The first-order valence-electron chi connectivity index (χ1n) is 6.67. The predicted octanol–water partition coefficient (Wildman–Crippen LogP) is 2.17. The maximum absolute atomic E-state index is 5.86. The minimum atomic E-state index is 0.738. The number of pyridine rings is 1. The van der Waals surface area contributed by atoms with Gasteiger partial charge < -0.3 is 20.7 Å². The molecule has 3 rings (SSSR count). The molecule has 0 aromatic carbocycles. The van der Waals surface area contributed by atoms with Crippen molar-refractivity contribution in [3.8, 4) is 0 Å². The van der Waals surface area contributed by atoms with Crippen molar-refractivity contribution in [3.05, 3.63) is 34.7 Å². The Morgan fingerprint density at radius 1 is 1.30 bits per heavy atom. The second-order valence-electron chi connectivity index (χ2n) is 4.66. The monoisotopic (exact) mass is 290 g/mol. The molecule has 1 fully saturated rings. The molecule has 0 amide bonds. The van der Waals surface area contributed by atoms with Crippen molar-refractivity contribution in [2.45, 2.75) is 6.54 Å². The number of nitrogens with zero attached hydrogens (tertiary/aromatic N) is 2. The fourth-order valence-corrected chi connectivity index (χ4v) is 2.89. The van der Waals surface area contributed by atoms with Crippen LogP contribution in [0.15, 0.2) is 29.8 Å². The third kappa shape index (κ3) is 3.02. The van der Waals surface area contributed by atoms with Gasteiger partial charge in [0.25, 0.3) is 0 Å². The van der Waals surface area contributed by atoms with Gasteiger partial charge in [-0.3, -0.25) is 0 Å². The molecule has 20 heavy (non-hydrogen) atoms. The standard InChI is InChI=1S/C14H18N4OS/c15-12-3-8-20-13(12)10-16-11-1-2-14(17-9-11)18-4-6-19-7-5-18/h1-3,8-9,16H,4-7,10,15H2. The number of nitrogen functional groups attached to an aromatic ring is 1. The van der Waals surface area contributed by atoms with Crippen LogP contribution in [0.2, 0.25) is 0 Å². The second-order valence-corrected chi connectivity index (χ2v) is 5.66. The number of hydrogen-bond donors (Lipinski definition) is 2. The second kappa shape index (κ2) is 6.11. The summed E-state index contributed by atoms with van der Waals surface area (Å²) in [5.41, 5.74) is 7.72. The van der Waals surface area contributed by atoms with E-state index in [1.165, 1.54) is 0 Å². The first-order chi connectivity index (χ1) is 9.83. The molecule has 3 heterocycles. The third-order valence-corrected chi connectivity index (χ3v) is 4.25. The Morgan fingerprint density at radius 2 is 2.15 bits per heavy atom. The van der Waals surface area contributed by atoms with Gasteiger partial charge in [-0.25, -0.2) is 4.98 Å². The van der Waals surface area contributed by atoms with Crippen molar-refractivity contribution in [1.82, 2.24) is 4.98 Å². The van der Waals surface area contributed by atoms with E-state index in [0.717, 1.165) is 54.9 Å². The highest BCUT2D eigenvalue weighted by Gasteiger charge is 2.11. The van der Waals surface area contributed by atoms with Gasteiger partial charge in [0.15, 0.2) is 0 Å². The number of morpholine rings is 1. The van der Waals surface area contributed by atoms with E-state index in [4.69, 9.17) is 10.5 Å². The van der Waals surface area contributed by atoms with Crippen molar-refractivity contribution in [3.63, 3.8) is 0 Å². The molecule has 2 aromatic rings. The third-order valence-electron chi connectivity index (χ3n) is 3.32. The summed E-state index contributed by atoms with van der Waals surface area (Å²) >= 11 is 1.66. The van der Waals surface area contributed by atoms with Crippen LogP contribution in [0.4, 0.5) is 17.2 Å². The zero-order valence-corrected chi connectivity index (χ0v) is 12.0. The van der Waals surface area contributed by atoms with Crippen LogP contribution < -0.4 is 16.0 Å². The Balaban J connectivity index is 1.59. The molecule has 6 heteroatoms. The van der Waals surface area contributed by atoms with E-state index in [-0.39, 0.29) is 0 Å². The molecule has 0 atom stereocenters. The maximum atomic E-state index is 5.86. The van der Waals surface area contributed by atoms with Gasteiger partial charge in [-0.15, -0.1) is 11.3 Å². The van der Waals surface area contributed by atoms with Gasteiger partial charge in [-0.2, -0.15) is 0 Å². The van der Waals surface area contributed by atoms with Gasteiger partial charge in [0, 0.05) is 23.7 Å². The van der Waals surface area contributed by atoms with Gasteiger partial charge in [-0.05, 0) is 23.6 Å². The first kappa shape index (κ1) is 13.2. The highest BCUT2D eigenvalue weighted by molar-refractivity contribution is 7.10. The van der Waals surface area contributed by atoms with Crippen LogP contribution in [-0.2, 0) is 11.3 Å². The molecule has 1 aliphatic rings.